The minimum Gasteiger partial charge on any atom is -0.456 e. The smallest absolute Gasteiger partial charge is 0.137 e. The first kappa shape index (κ1) is 25.7. The summed E-state index contributed by atoms with van der Waals surface area (Å²) in [7, 11) is 0. The van der Waals surface area contributed by atoms with Gasteiger partial charge in [0.15, 0.2) is 0 Å². The Bertz CT molecular complexity index is 2880. The molecule has 7 aromatic carbocycles. The van der Waals surface area contributed by atoms with Crippen LogP contribution < -0.4 is 0 Å². The van der Waals surface area contributed by atoms with Gasteiger partial charge in [-0.15, -0.1) is 0 Å². The Labute approximate surface area is 269 Å². The largest absolute Gasteiger partial charge is 0.456 e. The fraction of sp³-hybridized carbons (Fsp3) is 0. The summed E-state index contributed by atoms with van der Waals surface area (Å²) < 4.78 is 11.0. The summed E-state index contributed by atoms with van der Waals surface area (Å²) in [6.45, 7) is 0. The molecule has 10 aromatic rings. The lowest BCUT2D eigenvalue weighted by atomic mass is 10.0. The van der Waals surface area contributed by atoms with E-state index in [0.717, 1.165) is 66.5 Å². The molecule has 10 rings (SSSR count). The molecule has 0 N–H and O–H groups in total. The quantitative estimate of drug-likeness (QED) is 0.203. The maximum Gasteiger partial charge on any atom is 0.137 e. The molecule has 47 heavy (non-hydrogen) atoms. The number of rotatable bonds is 3. The van der Waals surface area contributed by atoms with E-state index in [4.69, 9.17) is 4.42 Å². The third kappa shape index (κ3) is 3.69. The molecule has 0 fully saturated rings. The van der Waals surface area contributed by atoms with Crippen molar-refractivity contribution in [3.05, 3.63) is 157 Å². The van der Waals surface area contributed by atoms with Crippen molar-refractivity contribution in [2.24, 2.45) is 0 Å². The molecule has 0 amide bonds. The van der Waals surface area contributed by atoms with Gasteiger partial charge < -0.3 is 13.6 Å². The Morgan fingerprint density at radius 1 is 0.447 bits per heavy atom. The summed E-state index contributed by atoms with van der Waals surface area (Å²) in [6.07, 6.45) is 0. The first-order valence-electron chi connectivity index (χ1n) is 15.7. The number of para-hydroxylation sites is 4. The summed E-state index contributed by atoms with van der Waals surface area (Å²) in [5, 5.41) is 17.2. The zero-order valence-corrected chi connectivity index (χ0v) is 25.2. The first-order chi connectivity index (χ1) is 23.3. The van der Waals surface area contributed by atoms with Gasteiger partial charge >= 0.3 is 0 Å². The number of hydrogen-bond acceptors (Lipinski definition) is 2. The van der Waals surface area contributed by atoms with Crippen molar-refractivity contribution in [2.45, 2.75) is 0 Å². The highest BCUT2D eigenvalue weighted by atomic mass is 16.3. The van der Waals surface area contributed by atoms with E-state index < -0.39 is 0 Å². The van der Waals surface area contributed by atoms with Crippen molar-refractivity contribution >= 4 is 65.6 Å². The Morgan fingerprint density at radius 2 is 1.06 bits per heavy atom. The van der Waals surface area contributed by atoms with E-state index in [1.165, 1.54) is 21.5 Å². The van der Waals surface area contributed by atoms with Crippen molar-refractivity contribution in [3.63, 3.8) is 0 Å². The molecule has 4 nitrogen and oxygen atoms in total. The molecule has 0 aliphatic rings. The van der Waals surface area contributed by atoms with Crippen LogP contribution in [-0.4, -0.2) is 9.13 Å². The zero-order chi connectivity index (χ0) is 31.1. The number of furan rings is 1. The van der Waals surface area contributed by atoms with Gasteiger partial charge in [-0.1, -0.05) is 84.9 Å². The van der Waals surface area contributed by atoms with E-state index in [1.54, 1.807) is 0 Å². The van der Waals surface area contributed by atoms with Crippen LogP contribution in [0.1, 0.15) is 5.56 Å². The van der Waals surface area contributed by atoms with Gasteiger partial charge in [-0.05, 0) is 77.9 Å². The van der Waals surface area contributed by atoms with E-state index in [0.29, 0.717) is 5.56 Å². The number of benzene rings is 7. The molecule has 3 aromatic heterocycles. The third-order valence-corrected chi connectivity index (χ3v) is 9.50. The topological polar surface area (TPSA) is 46.8 Å². The van der Waals surface area contributed by atoms with Crippen LogP contribution in [-0.2, 0) is 0 Å². The second-order valence-electron chi connectivity index (χ2n) is 12.1. The van der Waals surface area contributed by atoms with Gasteiger partial charge in [0.05, 0.1) is 39.1 Å². The van der Waals surface area contributed by atoms with Crippen molar-refractivity contribution in [2.75, 3.05) is 0 Å². The lowest BCUT2D eigenvalue weighted by Crippen LogP contribution is -1.97. The average Bonchev–Trinajstić information content (AvgIpc) is 3.79. The van der Waals surface area contributed by atoms with E-state index in [1.807, 2.05) is 24.3 Å². The molecule has 4 heteroatoms. The summed E-state index contributed by atoms with van der Waals surface area (Å²) in [5.74, 6) is 0. The molecule has 0 saturated carbocycles. The lowest BCUT2D eigenvalue weighted by Gasteiger charge is -2.13. The minimum atomic E-state index is 0.619. The zero-order valence-electron chi connectivity index (χ0n) is 25.2. The van der Waals surface area contributed by atoms with Crippen LogP contribution in [0.5, 0.6) is 0 Å². The Balaban J connectivity index is 1.23. The molecule has 0 aliphatic heterocycles. The maximum atomic E-state index is 10.2. The van der Waals surface area contributed by atoms with Crippen LogP contribution in [0, 0.1) is 11.3 Å². The van der Waals surface area contributed by atoms with Gasteiger partial charge in [-0.3, -0.25) is 0 Å². The molecule has 218 valence electrons. The van der Waals surface area contributed by atoms with E-state index in [-0.39, 0.29) is 0 Å². The summed E-state index contributed by atoms with van der Waals surface area (Å²) >= 11 is 0. The predicted octanol–water partition coefficient (Wildman–Crippen LogP) is 11.3. The van der Waals surface area contributed by atoms with E-state index >= 15 is 0 Å². The summed E-state index contributed by atoms with van der Waals surface area (Å²) in [5.41, 5.74) is 10.9. The molecular weight excluding hydrogens is 574 g/mol. The second kappa shape index (κ2) is 9.71. The normalized spacial score (nSPS) is 11.8. The van der Waals surface area contributed by atoms with Crippen molar-refractivity contribution in [1.82, 2.24) is 9.13 Å². The monoisotopic (exact) mass is 599 g/mol. The lowest BCUT2D eigenvalue weighted by molar-refractivity contribution is 0.669. The highest BCUT2D eigenvalue weighted by molar-refractivity contribution is 6.24. The number of hydrogen-bond donors (Lipinski definition) is 0. The second-order valence-corrected chi connectivity index (χ2v) is 12.1. The molecular formula is C43H25N3O. The van der Waals surface area contributed by atoms with Crippen LogP contribution in [0.3, 0.4) is 0 Å². The number of nitrogens with zero attached hydrogens (tertiary/aromatic N) is 3. The summed E-state index contributed by atoms with van der Waals surface area (Å²) in [4.78, 5) is 0. The van der Waals surface area contributed by atoms with Gasteiger partial charge in [-0.2, -0.15) is 5.26 Å². The van der Waals surface area contributed by atoms with Gasteiger partial charge in [0.2, 0.25) is 0 Å². The van der Waals surface area contributed by atoms with Crippen LogP contribution in [0.15, 0.2) is 156 Å². The molecule has 0 saturated heterocycles. The molecule has 0 radical (unpaired) electrons. The number of fused-ring (bicyclic) bond motifs is 10. The first-order valence-corrected chi connectivity index (χ1v) is 15.7. The highest BCUT2D eigenvalue weighted by Gasteiger charge is 2.19. The molecule has 0 atom stereocenters. The van der Waals surface area contributed by atoms with E-state index in [2.05, 4.69) is 143 Å². The van der Waals surface area contributed by atoms with Crippen molar-refractivity contribution in [3.8, 4) is 28.6 Å². The van der Waals surface area contributed by atoms with Crippen LogP contribution >= 0.6 is 0 Å². The minimum absolute atomic E-state index is 0.619. The number of aromatic nitrogens is 2. The van der Waals surface area contributed by atoms with Crippen molar-refractivity contribution in [1.29, 1.82) is 5.26 Å². The highest BCUT2D eigenvalue weighted by Crippen LogP contribution is 2.41. The van der Waals surface area contributed by atoms with Crippen molar-refractivity contribution < 1.29 is 4.42 Å². The van der Waals surface area contributed by atoms with Gasteiger partial charge in [0, 0.05) is 38.3 Å². The molecule has 0 bridgehead atoms. The Hall–Kier alpha value is -6.57. The Kier molecular flexibility index (Phi) is 5.32. The molecule has 0 unspecified atom stereocenters. The third-order valence-electron chi connectivity index (χ3n) is 9.50. The maximum absolute atomic E-state index is 10.2. The van der Waals surface area contributed by atoms with Crippen LogP contribution in [0.4, 0.5) is 0 Å². The predicted molar refractivity (Wildman–Crippen MR) is 193 cm³/mol. The number of nitriles is 1. The van der Waals surface area contributed by atoms with Crippen LogP contribution in [0.2, 0.25) is 0 Å². The Morgan fingerprint density at radius 3 is 1.79 bits per heavy atom. The SMILES string of the molecule is N#Cc1cc(-c2cccc(-n3c4ccccc4c4ccc5oc6ccccc6c5c43)c2)cc(-n2c3ccccc3c3ccccc32)c1. The van der Waals surface area contributed by atoms with Gasteiger partial charge in [0.25, 0.3) is 0 Å². The standard InChI is InChI=1S/C43H25N3O/c44-26-27-22-29(25-31(23-27)45-37-16-5-1-12-32(37)33-13-2-6-17-38(33)45)28-10-9-11-30(24-28)46-39-18-7-3-14-34(39)35-20-21-41-42(43(35)46)36-15-4-8-19-40(36)47-41/h1-25H. The van der Waals surface area contributed by atoms with Gasteiger partial charge in [0.1, 0.15) is 11.2 Å². The molecule has 3 heterocycles. The van der Waals surface area contributed by atoms with Crippen LogP contribution in [0.25, 0.3) is 88.1 Å². The van der Waals surface area contributed by atoms with Gasteiger partial charge in [-0.25, -0.2) is 0 Å². The van der Waals surface area contributed by atoms with E-state index in [9.17, 15) is 5.26 Å². The molecule has 0 spiro atoms. The fourth-order valence-corrected chi connectivity index (χ4v) is 7.53. The fourth-order valence-electron chi connectivity index (χ4n) is 7.53. The summed E-state index contributed by atoms with van der Waals surface area (Å²) in [6, 6.07) is 55.3. The average molecular weight is 600 g/mol. The molecule has 0 aliphatic carbocycles.